The van der Waals surface area contributed by atoms with Gasteiger partial charge in [-0.1, -0.05) is 18.9 Å². The molecule has 1 aliphatic heterocycles. The number of hydrogen-bond acceptors (Lipinski definition) is 5. The van der Waals surface area contributed by atoms with Crippen molar-refractivity contribution in [1.82, 2.24) is 10.2 Å². The van der Waals surface area contributed by atoms with Gasteiger partial charge in [-0.25, -0.2) is 13.2 Å². The van der Waals surface area contributed by atoms with Gasteiger partial charge in [-0.05, 0) is 68.1 Å². The maximum Gasteiger partial charge on any atom is 0.324 e. The zero-order valence-electron chi connectivity index (χ0n) is 17.3. The second-order valence-corrected chi connectivity index (χ2v) is 11.1. The molecule has 0 unspecified atom stereocenters. The second kappa shape index (κ2) is 8.57. The van der Waals surface area contributed by atoms with E-state index >= 15 is 0 Å². The summed E-state index contributed by atoms with van der Waals surface area (Å²) in [5, 5.41) is 2.28. The molecule has 0 spiro atoms. The molecular formula is C22H30N2O5S. The highest BCUT2D eigenvalue weighted by Crippen LogP contribution is 2.51. The Morgan fingerprint density at radius 2 is 1.93 bits per heavy atom. The van der Waals surface area contributed by atoms with Gasteiger partial charge in [-0.2, -0.15) is 0 Å². The largest absolute Gasteiger partial charge is 0.493 e. The van der Waals surface area contributed by atoms with E-state index in [1.54, 1.807) is 18.2 Å². The van der Waals surface area contributed by atoms with Crippen LogP contribution in [-0.4, -0.2) is 50.7 Å². The van der Waals surface area contributed by atoms with Gasteiger partial charge >= 0.3 is 6.03 Å². The monoisotopic (exact) mass is 434 g/mol. The van der Waals surface area contributed by atoms with Crippen molar-refractivity contribution < 1.29 is 22.7 Å². The first-order valence-electron chi connectivity index (χ1n) is 10.9. The molecule has 3 aliphatic rings. The van der Waals surface area contributed by atoms with Crippen LogP contribution < -0.4 is 10.1 Å². The Balaban J connectivity index is 1.23. The van der Waals surface area contributed by atoms with Crippen LogP contribution in [0.4, 0.5) is 4.79 Å². The molecule has 1 aromatic rings. The van der Waals surface area contributed by atoms with Gasteiger partial charge in [0.2, 0.25) is 5.91 Å². The molecule has 164 valence electrons. The fraction of sp³-hybridized carbons (Fsp3) is 0.636. The van der Waals surface area contributed by atoms with Crippen LogP contribution in [-0.2, 0) is 14.6 Å². The lowest BCUT2D eigenvalue weighted by molar-refractivity contribution is -0.118. The van der Waals surface area contributed by atoms with E-state index in [4.69, 9.17) is 4.74 Å². The first-order valence-corrected chi connectivity index (χ1v) is 12.5. The van der Waals surface area contributed by atoms with Gasteiger partial charge in [-0.3, -0.25) is 10.1 Å². The summed E-state index contributed by atoms with van der Waals surface area (Å²) >= 11 is 0. The van der Waals surface area contributed by atoms with E-state index in [1.165, 1.54) is 17.7 Å². The number of hydrogen-bond donors (Lipinski definition) is 1. The third-order valence-electron chi connectivity index (χ3n) is 6.30. The first-order chi connectivity index (χ1) is 14.4. The first kappa shape index (κ1) is 21.2. The number of nitrogens with one attached hydrogen (secondary N) is 1. The molecule has 0 atom stereocenters. The fourth-order valence-electron chi connectivity index (χ4n) is 4.03. The van der Waals surface area contributed by atoms with Gasteiger partial charge in [0, 0.05) is 6.54 Å². The third kappa shape index (κ3) is 5.53. The number of urea groups is 1. The van der Waals surface area contributed by atoms with Crippen LogP contribution in [0.25, 0.3) is 0 Å². The molecule has 3 fully saturated rings. The zero-order chi connectivity index (χ0) is 21.2. The van der Waals surface area contributed by atoms with E-state index in [-0.39, 0.29) is 29.7 Å². The van der Waals surface area contributed by atoms with Gasteiger partial charge < -0.3 is 9.64 Å². The Kier molecular flexibility index (Phi) is 6.04. The van der Waals surface area contributed by atoms with Crippen molar-refractivity contribution in [2.75, 3.05) is 25.4 Å². The van der Waals surface area contributed by atoms with Crippen LogP contribution in [0.5, 0.6) is 5.75 Å². The number of benzene rings is 1. The molecule has 1 heterocycles. The molecule has 30 heavy (non-hydrogen) atoms. The van der Waals surface area contributed by atoms with Gasteiger partial charge in [0.05, 0.1) is 17.3 Å². The second-order valence-electron chi connectivity index (χ2n) is 9.07. The Morgan fingerprint density at radius 3 is 2.60 bits per heavy atom. The van der Waals surface area contributed by atoms with Gasteiger partial charge in [0.1, 0.15) is 12.3 Å². The molecule has 0 bridgehead atoms. The van der Waals surface area contributed by atoms with Crippen molar-refractivity contribution in [1.29, 1.82) is 0 Å². The van der Waals surface area contributed by atoms with Crippen molar-refractivity contribution in [3.8, 4) is 5.75 Å². The van der Waals surface area contributed by atoms with Gasteiger partial charge in [0.25, 0.3) is 0 Å². The molecule has 2 saturated carbocycles. The topological polar surface area (TPSA) is 92.8 Å². The maximum atomic E-state index is 13.0. The number of amides is 3. The zero-order valence-corrected chi connectivity index (χ0v) is 18.1. The molecule has 0 radical (unpaired) electrons. The van der Waals surface area contributed by atoms with E-state index in [2.05, 4.69) is 5.32 Å². The summed E-state index contributed by atoms with van der Waals surface area (Å²) in [6, 6.07) is 6.60. The number of unbranched alkanes of at least 4 members (excludes halogenated alkanes) is 2. The SMILES string of the molecule is O=C1CN(CCCCCC2(CS(=O)(=O)c3cccc(OCC4CC4)c3)CC2)C(=O)N1. The molecular weight excluding hydrogens is 404 g/mol. The normalized spacial score (nSPS) is 20.3. The molecule has 8 heteroatoms. The number of nitrogens with zero attached hydrogens (tertiary/aromatic N) is 1. The summed E-state index contributed by atoms with van der Waals surface area (Å²) in [6.45, 7) is 1.38. The van der Waals surface area contributed by atoms with E-state index in [1.807, 2.05) is 6.07 Å². The Bertz CT molecular complexity index is 906. The summed E-state index contributed by atoms with van der Waals surface area (Å²) in [5.74, 6) is 1.21. The summed E-state index contributed by atoms with van der Waals surface area (Å²) < 4.78 is 31.7. The highest BCUT2D eigenvalue weighted by molar-refractivity contribution is 7.91. The number of carbonyl (C=O) groups excluding carboxylic acids is 2. The Morgan fingerprint density at radius 1 is 1.13 bits per heavy atom. The molecule has 2 aliphatic carbocycles. The highest BCUT2D eigenvalue weighted by Gasteiger charge is 2.45. The standard InChI is InChI=1S/C22H30N2O5S/c25-20-14-24(21(26)23-20)12-3-1-2-9-22(10-11-22)16-30(27,28)19-6-4-5-18(13-19)29-15-17-7-8-17/h4-6,13,17H,1-3,7-12,14-16H2,(H,23,25,26). The summed E-state index contributed by atoms with van der Waals surface area (Å²) in [4.78, 5) is 24.6. The Labute approximate surface area is 178 Å². The van der Waals surface area contributed by atoms with Crippen LogP contribution >= 0.6 is 0 Å². The molecule has 1 saturated heterocycles. The predicted molar refractivity (Wildman–Crippen MR) is 112 cm³/mol. The van der Waals surface area contributed by atoms with Crippen LogP contribution in [0.2, 0.25) is 0 Å². The van der Waals surface area contributed by atoms with Gasteiger partial charge in [0.15, 0.2) is 9.84 Å². The number of ether oxygens (including phenoxy) is 1. The van der Waals surface area contributed by atoms with E-state index < -0.39 is 9.84 Å². The fourth-order valence-corrected chi connectivity index (χ4v) is 6.02. The average Bonchev–Trinajstić information content (AvgIpc) is 3.62. The van der Waals surface area contributed by atoms with Crippen molar-refractivity contribution in [2.24, 2.45) is 11.3 Å². The van der Waals surface area contributed by atoms with E-state index in [0.29, 0.717) is 29.7 Å². The lowest BCUT2D eigenvalue weighted by atomic mass is 10.0. The Hall–Kier alpha value is -2.09. The van der Waals surface area contributed by atoms with Crippen LogP contribution in [0.15, 0.2) is 29.2 Å². The quantitative estimate of drug-likeness (QED) is 0.403. The van der Waals surface area contributed by atoms with Crippen LogP contribution in [0.3, 0.4) is 0 Å². The maximum absolute atomic E-state index is 13.0. The van der Waals surface area contributed by atoms with Crippen molar-refractivity contribution in [3.63, 3.8) is 0 Å². The number of sulfone groups is 1. The van der Waals surface area contributed by atoms with Crippen LogP contribution in [0.1, 0.15) is 51.4 Å². The minimum Gasteiger partial charge on any atom is -0.493 e. The average molecular weight is 435 g/mol. The third-order valence-corrected chi connectivity index (χ3v) is 8.27. The van der Waals surface area contributed by atoms with Crippen molar-refractivity contribution >= 4 is 21.8 Å². The summed E-state index contributed by atoms with van der Waals surface area (Å²) in [5.41, 5.74) is -0.106. The minimum atomic E-state index is -3.35. The highest BCUT2D eigenvalue weighted by atomic mass is 32.2. The van der Waals surface area contributed by atoms with Crippen molar-refractivity contribution in [3.05, 3.63) is 24.3 Å². The smallest absolute Gasteiger partial charge is 0.324 e. The molecule has 1 aromatic carbocycles. The summed E-state index contributed by atoms with van der Waals surface area (Å²) in [6.07, 6.45) is 7.86. The van der Waals surface area contributed by atoms with E-state index in [9.17, 15) is 18.0 Å². The molecule has 3 amide bonds. The van der Waals surface area contributed by atoms with Crippen molar-refractivity contribution in [2.45, 2.75) is 56.3 Å². The lowest BCUT2D eigenvalue weighted by Gasteiger charge is -2.17. The molecule has 4 rings (SSSR count). The molecule has 1 N–H and O–H groups in total. The predicted octanol–water partition coefficient (Wildman–Crippen LogP) is 3.14. The summed E-state index contributed by atoms with van der Waals surface area (Å²) in [7, 11) is -3.35. The number of imide groups is 1. The minimum absolute atomic E-state index is 0.106. The van der Waals surface area contributed by atoms with E-state index in [0.717, 1.165) is 38.5 Å². The number of rotatable bonds is 12. The van der Waals surface area contributed by atoms with Crippen LogP contribution in [0, 0.1) is 11.3 Å². The molecule has 7 nitrogen and oxygen atoms in total. The number of carbonyl (C=O) groups is 2. The lowest BCUT2D eigenvalue weighted by Crippen LogP contribution is -2.29. The van der Waals surface area contributed by atoms with Gasteiger partial charge in [-0.15, -0.1) is 0 Å². The molecule has 0 aromatic heterocycles.